The van der Waals surface area contributed by atoms with E-state index in [1.807, 2.05) is 42.3 Å². The van der Waals surface area contributed by atoms with Gasteiger partial charge in [0.15, 0.2) is 0 Å². The molecule has 1 amide bonds. The second-order valence-electron chi connectivity index (χ2n) is 6.03. The third-order valence-corrected chi connectivity index (χ3v) is 4.66. The standard InChI is InChI=1S/C16H22N2O2/c1-17-10-14-9-16(14)7-8-18(12-16)15(19)20-11-13-5-3-2-4-6-13/h2-6,14,17H,7-12H2,1H3. The second-order valence-corrected chi connectivity index (χ2v) is 6.03. The van der Waals surface area contributed by atoms with Crippen molar-refractivity contribution in [1.29, 1.82) is 0 Å². The van der Waals surface area contributed by atoms with Crippen molar-refractivity contribution in [2.24, 2.45) is 11.3 Å². The summed E-state index contributed by atoms with van der Waals surface area (Å²) in [5, 5.41) is 3.24. The van der Waals surface area contributed by atoms with E-state index in [0.717, 1.165) is 37.5 Å². The highest BCUT2D eigenvalue weighted by Crippen LogP contribution is 2.58. The Hall–Kier alpha value is -1.55. The largest absolute Gasteiger partial charge is 0.445 e. The lowest BCUT2D eigenvalue weighted by atomic mass is 10.0. The van der Waals surface area contributed by atoms with Crippen molar-refractivity contribution >= 4 is 6.09 Å². The molecule has 1 aromatic rings. The van der Waals surface area contributed by atoms with Crippen molar-refractivity contribution in [2.45, 2.75) is 19.4 Å². The van der Waals surface area contributed by atoms with E-state index in [9.17, 15) is 4.79 Å². The quantitative estimate of drug-likeness (QED) is 0.915. The Morgan fingerprint density at radius 1 is 1.45 bits per heavy atom. The zero-order valence-corrected chi connectivity index (χ0v) is 12.0. The van der Waals surface area contributed by atoms with Gasteiger partial charge in [-0.15, -0.1) is 0 Å². The Balaban J connectivity index is 1.48. The maximum Gasteiger partial charge on any atom is 0.410 e. The third kappa shape index (κ3) is 2.66. The number of nitrogens with one attached hydrogen (secondary N) is 1. The Labute approximate surface area is 120 Å². The van der Waals surface area contributed by atoms with Crippen LogP contribution in [0, 0.1) is 11.3 Å². The minimum atomic E-state index is -0.166. The van der Waals surface area contributed by atoms with Crippen LogP contribution in [0.4, 0.5) is 4.79 Å². The van der Waals surface area contributed by atoms with Crippen molar-refractivity contribution in [3.05, 3.63) is 35.9 Å². The van der Waals surface area contributed by atoms with Crippen molar-refractivity contribution in [2.75, 3.05) is 26.7 Å². The van der Waals surface area contributed by atoms with Crippen LogP contribution in [0.3, 0.4) is 0 Å². The molecular weight excluding hydrogens is 252 g/mol. The summed E-state index contributed by atoms with van der Waals surface area (Å²) in [5.74, 6) is 0.736. The van der Waals surface area contributed by atoms with Gasteiger partial charge in [0, 0.05) is 13.1 Å². The number of ether oxygens (including phenoxy) is 1. The topological polar surface area (TPSA) is 41.6 Å². The average Bonchev–Trinajstić information content (AvgIpc) is 2.95. The van der Waals surface area contributed by atoms with Gasteiger partial charge in [-0.25, -0.2) is 4.79 Å². The molecular formula is C16H22N2O2. The van der Waals surface area contributed by atoms with Crippen molar-refractivity contribution in [3.8, 4) is 0 Å². The predicted octanol–water partition coefficient (Wildman–Crippen LogP) is 2.25. The number of benzene rings is 1. The third-order valence-electron chi connectivity index (χ3n) is 4.66. The molecule has 4 nitrogen and oxygen atoms in total. The van der Waals surface area contributed by atoms with Crippen LogP contribution >= 0.6 is 0 Å². The van der Waals surface area contributed by atoms with Gasteiger partial charge in [0.2, 0.25) is 0 Å². The molecule has 2 unspecified atom stereocenters. The monoisotopic (exact) mass is 274 g/mol. The van der Waals surface area contributed by atoms with Gasteiger partial charge in [0.25, 0.3) is 0 Å². The van der Waals surface area contributed by atoms with Crippen LogP contribution in [-0.4, -0.2) is 37.7 Å². The fraction of sp³-hybridized carbons (Fsp3) is 0.562. The number of nitrogens with zero attached hydrogens (tertiary/aromatic N) is 1. The number of hydrogen-bond acceptors (Lipinski definition) is 3. The summed E-state index contributed by atoms with van der Waals surface area (Å²) in [4.78, 5) is 14.0. The molecule has 20 heavy (non-hydrogen) atoms. The predicted molar refractivity (Wildman–Crippen MR) is 77.3 cm³/mol. The summed E-state index contributed by atoms with van der Waals surface area (Å²) in [6.07, 6.45) is 2.21. The number of amides is 1. The molecule has 4 heteroatoms. The van der Waals surface area contributed by atoms with Gasteiger partial charge in [-0.1, -0.05) is 30.3 Å². The Bertz CT molecular complexity index is 477. The van der Waals surface area contributed by atoms with E-state index >= 15 is 0 Å². The van der Waals surface area contributed by atoms with Gasteiger partial charge in [0.1, 0.15) is 6.61 Å². The van der Waals surface area contributed by atoms with E-state index in [1.54, 1.807) is 0 Å². The van der Waals surface area contributed by atoms with Crippen LogP contribution in [0.5, 0.6) is 0 Å². The minimum Gasteiger partial charge on any atom is -0.445 e. The molecule has 2 atom stereocenters. The fourth-order valence-corrected chi connectivity index (χ4v) is 3.33. The van der Waals surface area contributed by atoms with E-state index in [1.165, 1.54) is 6.42 Å². The number of hydrogen-bond donors (Lipinski definition) is 1. The first-order chi connectivity index (χ1) is 9.73. The smallest absolute Gasteiger partial charge is 0.410 e. The van der Waals surface area contributed by atoms with Crippen molar-refractivity contribution in [1.82, 2.24) is 10.2 Å². The number of carbonyl (C=O) groups excluding carboxylic acids is 1. The second kappa shape index (κ2) is 5.44. The zero-order valence-electron chi connectivity index (χ0n) is 12.0. The first-order valence-corrected chi connectivity index (χ1v) is 7.34. The summed E-state index contributed by atoms with van der Waals surface area (Å²) in [7, 11) is 1.99. The molecule has 1 saturated heterocycles. The Morgan fingerprint density at radius 3 is 3.00 bits per heavy atom. The van der Waals surface area contributed by atoms with E-state index in [-0.39, 0.29) is 6.09 Å². The first-order valence-electron chi connectivity index (χ1n) is 7.34. The zero-order chi connectivity index (χ0) is 14.0. The normalized spacial score (nSPS) is 27.9. The fourth-order valence-electron chi connectivity index (χ4n) is 3.33. The van der Waals surface area contributed by atoms with Crippen molar-refractivity contribution in [3.63, 3.8) is 0 Å². The summed E-state index contributed by atoms with van der Waals surface area (Å²) in [6.45, 7) is 3.14. The molecule has 0 radical (unpaired) electrons. The van der Waals surface area contributed by atoms with Crippen LogP contribution in [0.25, 0.3) is 0 Å². The molecule has 1 spiro atoms. The summed E-state index contributed by atoms with van der Waals surface area (Å²) < 4.78 is 5.40. The van der Waals surface area contributed by atoms with Crippen LogP contribution in [0.2, 0.25) is 0 Å². The van der Waals surface area contributed by atoms with Crippen LogP contribution in [-0.2, 0) is 11.3 Å². The summed E-state index contributed by atoms with van der Waals surface area (Å²) >= 11 is 0. The van der Waals surface area contributed by atoms with Gasteiger partial charge in [-0.05, 0) is 43.3 Å². The SMILES string of the molecule is CNCC1CC12CCN(C(=O)OCc1ccccc1)C2. The highest BCUT2D eigenvalue weighted by molar-refractivity contribution is 5.68. The molecule has 0 bridgehead atoms. The van der Waals surface area contributed by atoms with Crippen molar-refractivity contribution < 1.29 is 9.53 Å². The Kier molecular flexibility index (Phi) is 3.66. The number of rotatable bonds is 4. The molecule has 0 aromatic heterocycles. The van der Waals surface area contributed by atoms with E-state index < -0.39 is 0 Å². The van der Waals surface area contributed by atoms with Gasteiger partial charge in [-0.2, -0.15) is 0 Å². The molecule has 1 saturated carbocycles. The average molecular weight is 274 g/mol. The first kappa shape index (κ1) is 13.4. The molecule has 1 aliphatic heterocycles. The minimum absolute atomic E-state index is 0.166. The molecule has 1 aromatic carbocycles. The van der Waals surface area contributed by atoms with Gasteiger partial charge >= 0.3 is 6.09 Å². The van der Waals surface area contributed by atoms with E-state index in [4.69, 9.17) is 4.74 Å². The highest BCUT2D eigenvalue weighted by Gasteiger charge is 2.57. The molecule has 2 aliphatic rings. The maximum absolute atomic E-state index is 12.1. The van der Waals surface area contributed by atoms with Crippen LogP contribution < -0.4 is 5.32 Å². The molecule has 2 fully saturated rings. The van der Waals surface area contributed by atoms with Gasteiger partial charge in [-0.3, -0.25) is 0 Å². The summed E-state index contributed by atoms with van der Waals surface area (Å²) in [6, 6.07) is 9.83. The molecule has 1 heterocycles. The molecule has 1 N–H and O–H groups in total. The van der Waals surface area contributed by atoms with E-state index in [0.29, 0.717) is 12.0 Å². The lowest BCUT2D eigenvalue weighted by Gasteiger charge is -2.16. The molecule has 3 rings (SSSR count). The van der Waals surface area contributed by atoms with Gasteiger partial charge < -0.3 is 15.0 Å². The van der Waals surface area contributed by atoms with Gasteiger partial charge in [0.05, 0.1) is 0 Å². The highest BCUT2D eigenvalue weighted by atomic mass is 16.6. The van der Waals surface area contributed by atoms with Crippen LogP contribution in [0.1, 0.15) is 18.4 Å². The lowest BCUT2D eigenvalue weighted by molar-refractivity contribution is 0.102. The number of carbonyl (C=O) groups is 1. The summed E-state index contributed by atoms with van der Waals surface area (Å²) in [5.41, 5.74) is 1.42. The lowest BCUT2D eigenvalue weighted by Crippen LogP contribution is -2.30. The van der Waals surface area contributed by atoms with Crippen LogP contribution in [0.15, 0.2) is 30.3 Å². The Morgan fingerprint density at radius 2 is 2.25 bits per heavy atom. The molecule has 108 valence electrons. The molecule has 1 aliphatic carbocycles. The van der Waals surface area contributed by atoms with E-state index in [2.05, 4.69) is 5.32 Å². The maximum atomic E-state index is 12.1. The number of likely N-dealkylation sites (tertiary alicyclic amines) is 1.